The highest BCUT2D eigenvalue weighted by Crippen LogP contribution is 2.41. The van der Waals surface area contributed by atoms with E-state index in [4.69, 9.17) is 4.74 Å². The van der Waals surface area contributed by atoms with Gasteiger partial charge in [0.25, 0.3) is 11.7 Å². The fraction of sp³-hybridized carbons (Fsp3) is 0.167. The van der Waals surface area contributed by atoms with Gasteiger partial charge in [0.15, 0.2) is 0 Å². The number of likely N-dealkylation sites (tertiary alicyclic amines) is 1. The van der Waals surface area contributed by atoms with E-state index in [2.05, 4.69) is 0 Å². The standard InChI is InChI=1S/C24H21NO4/c1-29-15-14-25-21(19-13-7-11-16-8-5-6-12-18(16)19)20(23(27)24(25)28)22(26)17-9-3-2-4-10-17/h2-13,21,26H,14-15H2,1H3/t21-/m1/s1. The van der Waals surface area contributed by atoms with Gasteiger partial charge in [0.05, 0.1) is 18.2 Å². The highest BCUT2D eigenvalue weighted by molar-refractivity contribution is 6.46. The Bertz CT molecular complexity index is 1100. The number of amides is 1. The highest BCUT2D eigenvalue weighted by atomic mass is 16.5. The Morgan fingerprint density at radius 3 is 2.41 bits per heavy atom. The second-order valence-corrected chi connectivity index (χ2v) is 6.92. The molecule has 5 heteroatoms. The molecule has 0 spiro atoms. The molecular weight excluding hydrogens is 366 g/mol. The monoisotopic (exact) mass is 387 g/mol. The molecule has 146 valence electrons. The molecule has 1 atom stereocenters. The average Bonchev–Trinajstić information content (AvgIpc) is 3.02. The van der Waals surface area contributed by atoms with Gasteiger partial charge in [-0.25, -0.2) is 0 Å². The van der Waals surface area contributed by atoms with E-state index in [1.165, 1.54) is 4.90 Å². The fourth-order valence-electron chi connectivity index (χ4n) is 3.86. The number of methoxy groups -OCH3 is 1. The molecular formula is C24H21NO4. The number of hydrogen-bond acceptors (Lipinski definition) is 4. The summed E-state index contributed by atoms with van der Waals surface area (Å²) in [4.78, 5) is 27.3. The van der Waals surface area contributed by atoms with Gasteiger partial charge in [-0.2, -0.15) is 0 Å². The van der Waals surface area contributed by atoms with E-state index in [1.54, 1.807) is 31.4 Å². The zero-order chi connectivity index (χ0) is 20.4. The summed E-state index contributed by atoms with van der Waals surface area (Å²) in [6.45, 7) is 0.542. The first-order valence-corrected chi connectivity index (χ1v) is 9.44. The van der Waals surface area contributed by atoms with Gasteiger partial charge in [-0.3, -0.25) is 9.59 Å². The van der Waals surface area contributed by atoms with Gasteiger partial charge in [-0.05, 0) is 16.3 Å². The molecule has 3 aromatic carbocycles. The number of ether oxygens (including phenoxy) is 1. The summed E-state index contributed by atoms with van der Waals surface area (Å²) in [5.41, 5.74) is 1.41. The number of aliphatic hydroxyl groups excluding tert-OH is 1. The molecule has 0 aliphatic carbocycles. The summed E-state index contributed by atoms with van der Waals surface area (Å²) in [6.07, 6.45) is 0. The Balaban J connectivity index is 1.96. The normalized spacial score (nSPS) is 18.5. The maximum Gasteiger partial charge on any atom is 0.295 e. The van der Waals surface area contributed by atoms with Crippen molar-refractivity contribution in [1.29, 1.82) is 0 Å². The second-order valence-electron chi connectivity index (χ2n) is 6.92. The maximum atomic E-state index is 13.0. The van der Waals surface area contributed by atoms with Gasteiger partial charge < -0.3 is 14.7 Å². The largest absolute Gasteiger partial charge is 0.507 e. The third-order valence-corrected chi connectivity index (χ3v) is 5.24. The van der Waals surface area contributed by atoms with Crippen LogP contribution >= 0.6 is 0 Å². The number of ketones is 1. The lowest BCUT2D eigenvalue weighted by Gasteiger charge is -2.26. The van der Waals surface area contributed by atoms with Crippen LogP contribution in [-0.4, -0.2) is 42.0 Å². The molecule has 1 fully saturated rings. The van der Waals surface area contributed by atoms with Crippen LogP contribution in [0.25, 0.3) is 16.5 Å². The molecule has 1 aliphatic heterocycles. The summed E-state index contributed by atoms with van der Waals surface area (Å²) < 4.78 is 5.16. The number of rotatable bonds is 5. The van der Waals surface area contributed by atoms with Crippen molar-refractivity contribution < 1.29 is 19.4 Å². The van der Waals surface area contributed by atoms with Crippen LogP contribution < -0.4 is 0 Å². The molecule has 0 bridgehead atoms. The summed E-state index contributed by atoms with van der Waals surface area (Å²) in [5.74, 6) is -1.47. The van der Waals surface area contributed by atoms with E-state index in [0.717, 1.165) is 16.3 Å². The van der Waals surface area contributed by atoms with Gasteiger partial charge in [0.2, 0.25) is 0 Å². The summed E-state index contributed by atoms with van der Waals surface area (Å²) in [7, 11) is 1.55. The topological polar surface area (TPSA) is 66.8 Å². The van der Waals surface area contributed by atoms with E-state index < -0.39 is 17.7 Å². The van der Waals surface area contributed by atoms with E-state index >= 15 is 0 Å². The minimum absolute atomic E-state index is 0.105. The van der Waals surface area contributed by atoms with Crippen molar-refractivity contribution in [3.8, 4) is 0 Å². The number of carbonyl (C=O) groups is 2. The van der Waals surface area contributed by atoms with Crippen LogP contribution in [0.1, 0.15) is 17.2 Å². The smallest absolute Gasteiger partial charge is 0.295 e. The summed E-state index contributed by atoms with van der Waals surface area (Å²) in [6, 6.07) is 21.7. The van der Waals surface area contributed by atoms with Gasteiger partial charge in [-0.15, -0.1) is 0 Å². The lowest BCUT2D eigenvalue weighted by molar-refractivity contribution is -0.140. The number of aliphatic hydroxyl groups is 1. The molecule has 3 aromatic rings. The number of fused-ring (bicyclic) bond motifs is 1. The van der Waals surface area contributed by atoms with Crippen molar-refractivity contribution in [3.63, 3.8) is 0 Å². The lowest BCUT2D eigenvalue weighted by Crippen LogP contribution is -2.32. The predicted molar refractivity (Wildman–Crippen MR) is 111 cm³/mol. The van der Waals surface area contributed by atoms with Crippen LogP contribution in [0.4, 0.5) is 0 Å². The molecule has 4 rings (SSSR count). The Morgan fingerprint density at radius 1 is 0.966 bits per heavy atom. The molecule has 1 amide bonds. The number of carbonyl (C=O) groups excluding carboxylic acids is 2. The molecule has 0 saturated carbocycles. The van der Waals surface area contributed by atoms with Crippen LogP contribution in [0.5, 0.6) is 0 Å². The van der Waals surface area contributed by atoms with Crippen LogP contribution in [0.2, 0.25) is 0 Å². The van der Waals surface area contributed by atoms with E-state index in [1.807, 2.05) is 48.5 Å². The molecule has 1 saturated heterocycles. The van der Waals surface area contributed by atoms with E-state index in [0.29, 0.717) is 12.2 Å². The third kappa shape index (κ3) is 3.30. The first-order chi connectivity index (χ1) is 14.1. The number of benzene rings is 3. The summed E-state index contributed by atoms with van der Waals surface area (Å²) in [5, 5.41) is 12.9. The minimum atomic E-state index is -0.684. The van der Waals surface area contributed by atoms with Gasteiger partial charge >= 0.3 is 0 Å². The first kappa shape index (κ1) is 18.9. The zero-order valence-electron chi connectivity index (χ0n) is 16.0. The molecule has 0 radical (unpaired) electrons. The van der Waals surface area contributed by atoms with E-state index in [-0.39, 0.29) is 17.9 Å². The number of hydrogen-bond donors (Lipinski definition) is 1. The number of Topliss-reactive ketones (excluding diaryl/α,β-unsaturated/α-hetero) is 1. The Hall–Kier alpha value is -3.44. The van der Waals surface area contributed by atoms with Crippen LogP contribution in [0.15, 0.2) is 78.4 Å². The van der Waals surface area contributed by atoms with Crippen molar-refractivity contribution >= 4 is 28.2 Å². The molecule has 0 aromatic heterocycles. The SMILES string of the molecule is COCCN1C(=O)C(=O)C(=C(O)c2ccccc2)[C@H]1c1cccc2ccccc12. The molecule has 1 heterocycles. The maximum absolute atomic E-state index is 13.0. The predicted octanol–water partition coefficient (Wildman–Crippen LogP) is 3.91. The first-order valence-electron chi connectivity index (χ1n) is 9.44. The molecule has 5 nitrogen and oxygen atoms in total. The van der Waals surface area contributed by atoms with Crippen molar-refractivity contribution in [2.24, 2.45) is 0 Å². The second kappa shape index (κ2) is 7.89. The quantitative estimate of drug-likeness (QED) is 0.410. The van der Waals surface area contributed by atoms with Crippen LogP contribution in [-0.2, 0) is 14.3 Å². The Morgan fingerprint density at radius 2 is 1.66 bits per heavy atom. The number of nitrogens with zero attached hydrogens (tertiary/aromatic N) is 1. The van der Waals surface area contributed by atoms with E-state index in [9.17, 15) is 14.7 Å². The zero-order valence-corrected chi connectivity index (χ0v) is 16.0. The fourth-order valence-corrected chi connectivity index (χ4v) is 3.86. The molecule has 29 heavy (non-hydrogen) atoms. The van der Waals surface area contributed by atoms with Crippen molar-refractivity contribution in [3.05, 3.63) is 89.5 Å². The van der Waals surface area contributed by atoms with Gasteiger partial charge in [-0.1, -0.05) is 72.8 Å². The lowest BCUT2D eigenvalue weighted by atomic mass is 9.91. The van der Waals surface area contributed by atoms with Crippen molar-refractivity contribution in [1.82, 2.24) is 4.90 Å². The summed E-state index contributed by atoms with van der Waals surface area (Å²) >= 11 is 0. The van der Waals surface area contributed by atoms with Crippen molar-refractivity contribution in [2.75, 3.05) is 20.3 Å². The van der Waals surface area contributed by atoms with Gasteiger partial charge in [0, 0.05) is 19.2 Å². The van der Waals surface area contributed by atoms with Gasteiger partial charge in [0.1, 0.15) is 5.76 Å². The molecule has 0 unspecified atom stereocenters. The third-order valence-electron chi connectivity index (χ3n) is 5.24. The molecule has 1 aliphatic rings. The van der Waals surface area contributed by atoms with Crippen molar-refractivity contribution in [2.45, 2.75) is 6.04 Å². The average molecular weight is 387 g/mol. The Kier molecular flexibility index (Phi) is 5.14. The Labute approximate surface area is 168 Å². The van der Waals surface area contributed by atoms with Crippen LogP contribution in [0, 0.1) is 0 Å². The van der Waals surface area contributed by atoms with Crippen LogP contribution in [0.3, 0.4) is 0 Å². The molecule has 1 N–H and O–H groups in total. The highest BCUT2D eigenvalue weighted by Gasteiger charge is 2.46. The minimum Gasteiger partial charge on any atom is -0.507 e.